The number of nitrogens with zero attached hydrogens (tertiary/aromatic N) is 1. The highest BCUT2D eigenvalue weighted by Crippen LogP contribution is 2.42. The zero-order valence-corrected chi connectivity index (χ0v) is 18.4. The van der Waals surface area contributed by atoms with Gasteiger partial charge < -0.3 is 9.84 Å². The van der Waals surface area contributed by atoms with Gasteiger partial charge in [-0.05, 0) is 48.9 Å². The predicted octanol–water partition coefficient (Wildman–Crippen LogP) is 5.47. The summed E-state index contributed by atoms with van der Waals surface area (Å²) in [6.07, 6.45) is 0. The Bertz CT molecular complexity index is 1140. The number of ketones is 1. The number of rotatable bonds is 5. The van der Waals surface area contributed by atoms with Crippen molar-refractivity contribution in [1.82, 2.24) is 0 Å². The molecule has 6 heteroatoms. The highest BCUT2D eigenvalue weighted by atomic mass is 79.9. The third-order valence-electron chi connectivity index (χ3n) is 5.10. The standard InChI is InChI=1S/C25H20BrNO4/c1-2-31-20-14-12-19(13-15-20)27-22(16-8-10-18(26)11-9-16)21(24(29)25(27)30)23(28)17-6-4-3-5-7-17/h3-15,22,28H,2H2,1H3/b23-21+/t22-/m0/s1. The molecule has 1 heterocycles. The number of hydrogen-bond donors (Lipinski definition) is 1. The SMILES string of the molecule is CCOc1ccc(N2C(=O)C(=O)/C(=C(/O)c3ccccc3)[C@@H]2c2ccc(Br)cc2)cc1. The molecule has 1 aliphatic rings. The topological polar surface area (TPSA) is 66.8 Å². The van der Waals surface area contributed by atoms with Crippen LogP contribution in [-0.4, -0.2) is 23.4 Å². The summed E-state index contributed by atoms with van der Waals surface area (Å²) >= 11 is 3.42. The molecule has 4 rings (SSSR count). The van der Waals surface area contributed by atoms with Crippen molar-refractivity contribution in [3.05, 3.63) is 100 Å². The number of anilines is 1. The lowest BCUT2D eigenvalue weighted by molar-refractivity contribution is -0.132. The monoisotopic (exact) mass is 477 g/mol. The van der Waals surface area contributed by atoms with Crippen molar-refractivity contribution >= 4 is 39.1 Å². The van der Waals surface area contributed by atoms with Gasteiger partial charge in [-0.15, -0.1) is 0 Å². The Morgan fingerprint density at radius 1 is 0.968 bits per heavy atom. The second kappa shape index (κ2) is 8.78. The van der Waals surface area contributed by atoms with E-state index < -0.39 is 17.7 Å². The summed E-state index contributed by atoms with van der Waals surface area (Å²) in [6, 6.07) is 22.4. The van der Waals surface area contributed by atoms with Gasteiger partial charge in [0.1, 0.15) is 11.5 Å². The van der Waals surface area contributed by atoms with Gasteiger partial charge in [-0.25, -0.2) is 0 Å². The fourth-order valence-corrected chi connectivity index (χ4v) is 3.94. The maximum absolute atomic E-state index is 13.1. The molecule has 1 fully saturated rings. The predicted molar refractivity (Wildman–Crippen MR) is 123 cm³/mol. The molecule has 1 saturated heterocycles. The molecule has 0 radical (unpaired) electrons. The van der Waals surface area contributed by atoms with Crippen LogP contribution >= 0.6 is 15.9 Å². The van der Waals surface area contributed by atoms with E-state index >= 15 is 0 Å². The summed E-state index contributed by atoms with van der Waals surface area (Å²) in [5, 5.41) is 11.0. The van der Waals surface area contributed by atoms with Crippen molar-refractivity contribution in [1.29, 1.82) is 0 Å². The first kappa shape index (κ1) is 20.9. The fourth-order valence-electron chi connectivity index (χ4n) is 3.68. The van der Waals surface area contributed by atoms with Crippen LogP contribution in [0.5, 0.6) is 5.75 Å². The average molecular weight is 478 g/mol. The summed E-state index contributed by atoms with van der Waals surface area (Å²) in [7, 11) is 0. The Hall–Kier alpha value is -3.38. The van der Waals surface area contributed by atoms with Gasteiger partial charge in [0.2, 0.25) is 0 Å². The van der Waals surface area contributed by atoms with Crippen molar-refractivity contribution in [3.63, 3.8) is 0 Å². The summed E-state index contributed by atoms with van der Waals surface area (Å²) in [6.45, 7) is 2.42. The number of aliphatic hydroxyl groups excluding tert-OH is 1. The maximum atomic E-state index is 13.1. The summed E-state index contributed by atoms with van der Waals surface area (Å²) in [4.78, 5) is 27.6. The van der Waals surface area contributed by atoms with Crippen molar-refractivity contribution in [2.45, 2.75) is 13.0 Å². The molecule has 3 aromatic rings. The van der Waals surface area contributed by atoms with Gasteiger partial charge in [-0.1, -0.05) is 58.4 Å². The Balaban J connectivity index is 1.88. The first-order chi connectivity index (χ1) is 15.0. The van der Waals surface area contributed by atoms with Crippen LogP contribution in [0.3, 0.4) is 0 Å². The van der Waals surface area contributed by atoms with E-state index in [2.05, 4.69) is 15.9 Å². The quantitative estimate of drug-likeness (QED) is 0.300. The highest BCUT2D eigenvalue weighted by molar-refractivity contribution is 9.10. The number of aliphatic hydroxyl groups is 1. The van der Waals surface area contributed by atoms with E-state index in [0.717, 1.165) is 4.47 Å². The zero-order valence-electron chi connectivity index (χ0n) is 16.8. The van der Waals surface area contributed by atoms with Crippen LogP contribution in [-0.2, 0) is 9.59 Å². The van der Waals surface area contributed by atoms with Gasteiger partial charge in [0.05, 0.1) is 18.2 Å². The number of Topliss-reactive ketones (excluding diaryl/α,β-unsaturated/α-hetero) is 1. The van der Waals surface area contributed by atoms with E-state index in [1.54, 1.807) is 48.5 Å². The summed E-state index contributed by atoms with van der Waals surface area (Å²) in [5.41, 5.74) is 1.81. The minimum Gasteiger partial charge on any atom is -0.507 e. The van der Waals surface area contributed by atoms with Gasteiger partial charge in [-0.3, -0.25) is 14.5 Å². The molecule has 1 aliphatic heterocycles. The van der Waals surface area contributed by atoms with E-state index in [1.807, 2.05) is 37.3 Å². The molecular formula is C25H20BrNO4. The molecule has 0 aliphatic carbocycles. The Kier molecular flexibility index (Phi) is 5.91. The lowest BCUT2D eigenvalue weighted by atomic mass is 9.95. The molecule has 0 bridgehead atoms. The lowest BCUT2D eigenvalue weighted by Gasteiger charge is -2.25. The normalized spacial score (nSPS) is 17.7. The first-order valence-electron chi connectivity index (χ1n) is 9.86. The van der Waals surface area contributed by atoms with Crippen molar-refractivity contribution in [3.8, 4) is 5.75 Å². The molecule has 0 saturated carbocycles. The molecule has 5 nitrogen and oxygen atoms in total. The third-order valence-corrected chi connectivity index (χ3v) is 5.63. The number of carbonyl (C=O) groups excluding carboxylic acids is 2. The lowest BCUT2D eigenvalue weighted by Crippen LogP contribution is -2.29. The number of benzene rings is 3. The summed E-state index contributed by atoms with van der Waals surface area (Å²) < 4.78 is 6.36. The molecule has 156 valence electrons. The van der Waals surface area contributed by atoms with Crippen LogP contribution in [0.1, 0.15) is 24.1 Å². The van der Waals surface area contributed by atoms with E-state index in [1.165, 1.54) is 4.90 Å². The zero-order chi connectivity index (χ0) is 22.0. The molecule has 0 aromatic heterocycles. The second-order valence-electron chi connectivity index (χ2n) is 7.01. The van der Waals surface area contributed by atoms with Gasteiger partial charge >= 0.3 is 0 Å². The van der Waals surface area contributed by atoms with Gasteiger partial charge in [-0.2, -0.15) is 0 Å². The van der Waals surface area contributed by atoms with Crippen LogP contribution in [0, 0.1) is 0 Å². The maximum Gasteiger partial charge on any atom is 0.300 e. The number of amides is 1. The van der Waals surface area contributed by atoms with Crippen LogP contribution in [0.4, 0.5) is 5.69 Å². The summed E-state index contributed by atoms with van der Waals surface area (Å²) in [5.74, 6) is -0.926. The molecular weight excluding hydrogens is 458 g/mol. The molecule has 1 amide bonds. The highest BCUT2D eigenvalue weighted by Gasteiger charge is 2.46. The van der Waals surface area contributed by atoms with Crippen LogP contribution < -0.4 is 9.64 Å². The molecule has 1 atom stereocenters. The Morgan fingerprint density at radius 3 is 2.23 bits per heavy atom. The van der Waals surface area contributed by atoms with Gasteiger partial charge in [0.15, 0.2) is 0 Å². The molecule has 1 N–H and O–H groups in total. The van der Waals surface area contributed by atoms with Gasteiger partial charge in [0, 0.05) is 15.7 Å². The van der Waals surface area contributed by atoms with Crippen LogP contribution in [0.25, 0.3) is 5.76 Å². The van der Waals surface area contributed by atoms with E-state index in [0.29, 0.717) is 29.2 Å². The average Bonchev–Trinajstić information content (AvgIpc) is 3.06. The molecule has 0 spiro atoms. The van der Waals surface area contributed by atoms with Crippen LogP contribution in [0.15, 0.2) is 88.9 Å². The van der Waals surface area contributed by atoms with Crippen molar-refractivity contribution in [2.24, 2.45) is 0 Å². The minimum atomic E-state index is -0.758. The number of ether oxygens (including phenoxy) is 1. The smallest absolute Gasteiger partial charge is 0.300 e. The number of halogens is 1. The first-order valence-corrected chi connectivity index (χ1v) is 10.6. The molecule has 0 unspecified atom stereocenters. The molecule has 3 aromatic carbocycles. The second-order valence-corrected chi connectivity index (χ2v) is 7.93. The Morgan fingerprint density at radius 2 is 1.61 bits per heavy atom. The molecule has 31 heavy (non-hydrogen) atoms. The number of carbonyl (C=O) groups is 2. The number of hydrogen-bond acceptors (Lipinski definition) is 4. The van der Waals surface area contributed by atoms with E-state index in [4.69, 9.17) is 4.74 Å². The third kappa shape index (κ3) is 3.99. The van der Waals surface area contributed by atoms with Crippen molar-refractivity contribution < 1.29 is 19.4 Å². The van der Waals surface area contributed by atoms with E-state index in [9.17, 15) is 14.7 Å². The van der Waals surface area contributed by atoms with Gasteiger partial charge in [0.25, 0.3) is 11.7 Å². The minimum absolute atomic E-state index is 0.0624. The van der Waals surface area contributed by atoms with Crippen molar-refractivity contribution in [2.75, 3.05) is 11.5 Å². The Labute approximate surface area is 188 Å². The van der Waals surface area contributed by atoms with Crippen LogP contribution in [0.2, 0.25) is 0 Å². The largest absolute Gasteiger partial charge is 0.507 e. The fraction of sp³-hybridized carbons (Fsp3) is 0.120. The van der Waals surface area contributed by atoms with E-state index in [-0.39, 0.29) is 11.3 Å².